The standard InChI is InChI=1S/C23H27N3O4/c1-25(2)20(16-10-12-17(30-3)13-11-16)15-24-21(27)9-6-14-26-22(28)18-7-4-5-8-19(18)23(26)29/h4-5,7-8,10-13,20H,6,9,14-15H2,1-3H3,(H,24,27). The van der Waals surface area contributed by atoms with Crippen LogP contribution in [0, 0.1) is 0 Å². The zero-order valence-corrected chi connectivity index (χ0v) is 17.6. The van der Waals surface area contributed by atoms with Crippen molar-refractivity contribution in [1.29, 1.82) is 0 Å². The molecular formula is C23H27N3O4. The van der Waals surface area contributed by atoms with Crippen molar-refractivity contribution in [3.05, 3.63) is 65.2 Å². The highest BCUT2D eigenvalue weighted by Crippen LogP contribution is 2.23. The van der Waals surface area contributed by atoms with Crippen LogP contribution in [0.1, 0.15) is 45.2 Å². The lowest BCUT2D eigenvalue weighted by Gasteiger charge is -2.25. The molecule has 0 saturated carbocycles. The van der Waals surface area contributed by atoms with Crippen molar-refractivity contribution in [2.75, 3.05) is 34.3 Å². The van der Waals surface area contributed by atoms with Gasteiger partial charge in [0.15, 0.2) is 0 Å². The topological polar surface area (TPSA) is 79.0 Å². The molecule has 0 spiro atoms. The number of imide groups is 1. The molecule has 3 rings (SSSR count). The van der Waals surface area contributed by atoms with Crippen LogP contribution in [0.25, 0.3) is 0 Å². The number of carbonyl (C=O) groups excluding carboxylic acids is 3. The van der Waals surface area contributed by atoms with E-state index >= 15 is 0 Å². The smallest absolute Gasteiger partial charge is 0.261 e. The fraction of sp³-hybridized carbons (Fsp3) is 0.348. The van der Waals surface area contributed by atoms with Crippen molar-refractivity contribution in [3.63, 3.8) is 0 Å². The summed E-state index contributed by atoms with van der Waals surface area (Å²) in [5, 5.41) is 2.96. The van der Waals surface area contributed by atoms with E-state index in [1.165, 1.54) is 4.90 Å². The molecule has 1 aliphatic rings. The Hall–Kier alpha value is -3.19. The third kappa shape index (κ3) is 4.68. The lowest BCUT2D eigenvalue weighted by atomic mass is 10.1. The number of rotatable bonds is 9. The third-order valence-electron chi connectivity index (χ3n) is 5.28. The van der Waals surface area contributed by atoms with Gasteiger partial charge in [0.2, 0.25) is 5.91 Å². The minimum absolute atomic E-state index is 0.0242. The van der Waals surface area contributed by atoms with Crippen molar-refractivity contribution in [2.24, 2.45) is 0 Å². The largest absolute Gasteiger partial charge is 0.497 e. The first-order chi connectivity index (χ1) is 14.4. The van der Waals surface area contributed by atoms with E-state index in [1.807, 2.05) is 43.3 Å². The maximum atomic E-state index is 12.4. The van der Waals surface area contributed by atoms with E-state index < -0.39 is 0 Å². The molecule has 0 saturated heterocycles. The Morgan fingerprint density at radius 2 is 1.63 bits per heavy atom. The van der Waals surface area contributed by atoms with Crippen LogP contribution < -0.4 is 10.1 Å². The van der Waals surface area contributed by atoms with E-state index in [0.717, 1.165) is 11.3 Å². The van der Waals surface area contributed by atoms with E-state index in [1.54, 1.807) is 31.4 Å². The Balaban J connectivity index is 1.48. The number of nitrogens with one attached hydrogen (secondary N) is 1. The van der Waals surface area contributed by atoms with Gasteiger partial charge in [0.1, 0.15) is 5.75 Å². The summed E-state index contributed by atoms with van der Waals surface area (Å²) in [7, 11) is 5.55. The Kier molecular flexibility index (Phi) is 6.84. The second-order valence-electron chi connectivity index (χ2n) is 7.47. The highest BCUT2D eigenvalue weighted by atomic mass is 16.5. The van der Waals surface area contributed by atoms with Crippen LogP contribution in [-0.4, -0.2) is 61.8 Å². The summed E-state index contributed by atoms with van der Waals surface area (Å²) < 4.78 is 5.19. The van der Waals surface area contributed by atoms with E-state index in [4.69, 9.17) is 4.74 Å². The Labute approximate surface area is 176 Å². The first-order valence-electron chi connectivity index (χ1n) is 9.94. The maximum Gasteiger partial charge on any atom is 0.261 e. The summed E-state index contributed by atoms with van der Waals surface area (Å²) in [5.41, 5.74) is 1.94. The predicted octanol–water partition coefficient (Wildman–Crippen LogP) is 2.49. The average Bonchev–Trinajstić information content (AvgIpc) is 2.99. The minimum Gasteiger partial charge on any atom is -0.497 e. The molecule has 2 aromatic rings. The number of fused-ring (bicyclic) bond motifs is 1. The van der Waals surface area contributed by atoms with Crippen LogP contribution in [0.15, 0.2) is 48.5 Å². The van der Waals surface area contributed by atoms with Gasteiger partial charge in [-0.15, -0.1) is 0 Å². The molecule has 30 heavy (non-hydrogen) atoms. The number of hydrogen-bond acceptors (Lipinski definition) is 5. The van der Waals surface area contributed by atoms with Gasteiger partial charge < -0.3 is 15.0 Å². The summed E-state index contributed by atoms with van der Waals surface area (Å²) in [4.78, 5) is 40.3. The average molecular weight is 409 g/mol. The predicted molar refractivity (Wildman–Crippen MR) is 113 cm³/mol. The molecule has 0 aliphatic carbocycles. The Morgan fingerprint density at radius 1 is 1.03 bits per heavy atom. The van der Waals surface area contributed by atoms with Gasteiger partial charge in [-0.05, 0) is 50.3 Å². The maximum absolute atomic E-state index is 12.4. The first kappa shape index (κ1) is 21.5. The van der Waals surface area contributed by atoms with Gasteiger partial charge in [-0.3, -0.25) is 19.3 Å². The number of methoxy groups -OCH3 is 1. The van der Waals surface area contributed by atoms with E-state index in [-0.39, 0.29) is 36.7 Å². The number of carbonyl (C=O) groups is 3. The van der Waals surface area contributed by atoms with Crippen LogP contribution in [-0.2, 0) is 4.79 Å². The van der Waals surface area contributed by atoms with E-state index in [0.29, 0.717) is 24.1 Å². The number of amides is 3. The summed E-state index contributed by atoms with van der Waals surface area (Å²) in [5.74, 6) is 0.104. The van der Waals surface area contributed by atoms with Gasteiger partial charge in [0, 0.05) is 19.5 Å². The SMILES string of the molecule is COc1ccc(C(CNC(=O)CCCN2C(=O)c3ccccc3C2=O)N(C)C)cc1. The lowest BCUT2D eigenvalue weighted by Crippen LogP contribution is -2.35. The first-order valence-corrected chi connectivity index (χ1v) is 9.94. The fourth-order valence-corrected chi connectivity index (χ4v) is 3.56. The van der Waals surface area contributed by atoms with Crippen LogP contribution in [0.5, 0.6) is 5.75 Å². The number of benzene rings is 2. The van der Waals surface area contributed by atoms with Gasteiger partial charge in [0.25, 0.3) is 11.8 Å². The van der Waals surface area contributed by atoms with Crippen LogP contribution >= 0.6 is 0 Å². The highest BCUT2D eigenvalue weighted by molar-refractivity contribution is 6.21. The molecule has 1 aliphatic heterocycles. The molecule has 1 unspecified atom stereocenters. The number of likely N-dealkylation sites (N-methyl/N-ethyl adjacent to an activating group) is 1. The van der Waals surface area contributed by atoms with Gasteiger partial charge in [-0.1, -0.05) is 24.3 Å². The molecule has 0 radical (unpaired) electrons. The van der Waals surface area contributed by atoms with Gasteiger partial charge >= 0.3 is 0 Å². The van der Waals surface area contributed by atoms with Crippen molar-refractivity contribution in [3.8, 4) is 5.75 Å². The minimum atomic E-state index is -0.289. The van der Waals surface area contributed by atoms with Gasteiger partial charge in [0.05, 0.1) is 24.3 Å². The molecule has 1 N–H and O–H groups in total. The quantitative estimate of drug-likeness (QED) is 0.644. The second kappa shape index (κ2) is 9.54. The summed E-state index contributed by atoms with van der Waals surface area (Å²) in [6.45, 7) is 0.695. The molecule has 0 bridgehead atoms. The zero-order chi connectivity index (χ0) is 21.7. The zero-order valence-electron chi connectivity index (χ0n) is 17.6. The molecule has 0 aromatic heterocycles. The van der Waals surface area contributed by atoms with Gasteiger partial charge in [-0.2, -0.15) is 0 Å². The molecule has 7 nitrogen and oxygen atoms in total. The molecule has 7 heteroatoms. The fourth-order valence-electron chi connectivity index (χ4n) is 3.56. The monoisotopic (exact) mass is 409 g/mol. The molecule has 1 atom stereocenters. The van der Waals surface area contributed by atoms with Crippen molar-refractivity contribution < 1.29 is 19.1 Å². The van der Waals surface area contributed by atoms with Crippen LogP contribution in [0.3, 0.4) is 0 Å². The molecule has 2 aromatic carbocycles. The second-order valence-corrected chi connectivity index (χ2v) is 7.47. The summed E-state index contributed by atoms with van der Waals surface area (Å²) in [6, 6.07) is 14.6. The van der Waals surface area contributed by atoms with Gasteiger partial charge in [-0.25, -0.2) is 0 Å². The third-order valence-corrected chi connectivity index (χ3v) is 5.28. The molecule has 158 valence electrons. The van der Waals surface area contributed by atoms with Crippen LogP contribution in [0.2, 0.25) is 0 Å². The molecular weight excluding hydrogens is 382 g/mol. The number of nitrogens with zero attached hydrogens (tertiary/aromatic N) is 2. The highest BCUT2D eigenvalue weighted by Gasteiger charge is 2.34. The van der Waals surface area contributed by atoms with E-state index in [9.17, 15) is 14.4 Å². The molecule has 0 fully saturated rings. The van der Waals surface area contributed by atoms with Crippen molar-refractivity contribution in [2.45, 2.75) is 18.9 Å². The molecule has 1 heterocycles. The number of ether oxygens (including phenoxy) is 1. The summed E-state index contributed by atoms with van der Waals surface area (Å²) >= 11 is 0. The van der Waals surface area contributed by atoms with Crippen molar-refractivity contribution in [1.82, 2.24) is 15.1 Å². The lowest BCUT2D eigenvalue weighted by molar-refractivity contribution is -0.121. The molecule has 3 amide bonds. The Morgan fingerprint density at radius 3 is 2.17 bits per heavy atom. The van der Waals surface area contributed by atoms with Crippen LogP contribution in [0.4, 0.5) is 0 Å². The number of hydrogen-bond donors (Lipinski definition) is 1. The van der Waals surface area contributed by atoms with Crippen molar-refractivity contribution >= 4 is 17.7 Å². The van der Waals surface area contributed by atoms with E-state index in [2.05, 4.69) is 5.32 Å². The normalized spacial score (nSPS) is 14.1. The summed E-state index contributed by atoms with van der Waals surface area (Å²) in [6.07, 6.45) is 0.669. The Bertz CT molecular complexity index is 889.